The van der Waals surface area contributed by atoms with Crippen LogP contribution in [0.3, 0.4) is 0 Å². The van der Waals surface area contributed by atoms with Crippen molar-refractivity contribution < 1.29 is 0 Å². The van der Waals surface area contributed by atoms with Crippen LogP contribution in [0.2, 0.25) is 0 Å². The number of hydrogen-bond acceptors (Lipinski definition) is 4. The minimum Gasteiger partial charge on any atom is -0.358 e. The van der Waals surface area contributed by atoms with Crippen LogP contribution in [-0.2, 0) is 0 Å². The summed E-state index contributed by atoms with van der Waals surface area (Å²) in [7, 11) is 0. The normalized spacial score (nSPS) is 24.3. The van der Waals surface area contributed by atoms with E-state index in [1.165, 1.54) is 24.0 Å². The molecule has 2 nitrogen and oxygen atoms in total. The minimum atomic E-state index is 0.602. The number of hydrogen-bond donors (Lipinski definition) is 1. The Balaban J connectivity index is 1.80. The summed E-state index contributed by atoms with van der Waals surface area (Å²) < 4.78 is 1.27. The van der Waals surface area contributed by atoms with Crippen LogP contribution in [0.1, 0.15) is 19.3 Å². The van der Waals surface area contributed by atoms with Gasteiger partial charge in [-0.2, -0.15) is 11.8 Å². The van der Waals surface area contributed by atoms with E-state index in [0.717, 1.165) is 15.9 Å². The van der Waals surface area contributed by atoms with Gasteiger partial charge in [-0.1, -0.05) is 29.9 Å². The number of nitrogens with zero attached hydrogens (tertiary/aromatic N) is 1. The van der Waals surface area contributed by atoms with Crippen LogP contribution in [0, 0.1) is 0 Å². The summed E-state index contributed by atoms with van der Waals surface area (Å²) in [6.07, 6.45) is 6.17. The molecule has 1 heterocycles. The molecule has 0 amide bonds. The van der Waals surface area contributed by atoms with Crippen molar-refractivity contribution in [3.05, 3.63) is 24.3 Å². The van der Waals surface area contributed by atoms with Crippen molar-refractivity contribution in [1.29, 1.82) is 0 Å². The standard InChI is InChI=1S/C13H16N2S2/c1-16-11-8-4-6-9(11)14-13-15-10-5-2-3-7-12(10)17-13/h2-3,5,7,9,11H,4,6,8H2,1H3,(H,14,15). The number of thiazole rings is 1. The first-order valence-corrected chi connectivity index (χ1v) is 8.12. The van der Waals surface area contributed by atoms with Gasteiger partial charge in [-0.15, -0.1) is 0 Å². The van der Waals surface area contributed by atoms with Gasteiger partial charge in [0.2, 0.25) is 0 Å². The Morgan fingerprint density at radius 1 is 1.35 bits per heavy atom. The third-order valence-electron chi connectivity index (χ3n) is 3.36. The molecular weight excluding hydrogens is 248 g/mol. The molecule has 1 aliphatic carbocycles. The number of para-hydroxylation sites is 1. The van der Waals surface area contributed by atoms with Crippen molar-refractivity contribution in [2.24, 2.45) is 0 Å². The highest BCUT2D eigenvalue weighted by molar-refractivity contribution is 7.99. The molecule has 0 radical (unpaired) electrons. The Kier molecular flexibility index (Phi) is 3.25. The molecule has 0 saturated heterocycles. The molecule has 0 bridgehead atoms. The number of nitrogens with one attached hydrogen (secondary N) is 1. The lowest BCUT2D eigenvalue weighted by Gasteiger charge is -2.18. The molecule has 2 unspecified atom stereocenters. The molecular formula is C13H16N2S2. The van der Waals surface area contributed by atoms with Gasteiger partial charge in [0.25, 0.3) is 0 Å². The van der Waals surface area contributed by atoms with Crippen molar-refractivity contribution in [1.82, 2.24) is 4.98 Å². The van der Waals surface area contributed by atoms with Gasteiger partial charge in [-0.25, -0.2) is 4.98 Å². The van der Waals surface area contributed by atoms with Crippen LogP contribution >= 0.6 is 23.1 Å². The van der Waals surface area contributed by atoms with Gasteiger partial charge in [0.1, 0.15) is 0 Å². The molecule has 1 N–H and O–H groups in total. The number of fused-ring (bicyclic) bond motifs is 1. The van der Waals surface area contributed by atoms with Crippen LogP contribution in [0.5, 0.6) is 0 Å². The Morgan fingerprint density at radius 3 is 3.06 bits per heavy atom. The summed E-state index contributed by atoms with van der Waals surface area (Å²) in [5.74, 6) is 0. The van der Waals surface area contributed by atoms with Gasteiger partial charge < -0.3 is 5.32 Å². The number of aromatic nitrogens is 1. The number of benzene rings is 1. The second-order valence-electron chi connectivity index (χ2n) is 4.44. The molecule has 3 rings (SSSR count). The predicted octanol–water partition coefficient (Wildman–Crippen LogP) is 3.99. The molecule has 1 aromatic heterocycles. The van der Waals surface area contributed by atoms with Gasteiger partial charge in [0, 0.05) is 11.3 Å². The molecule has 90 valence electrons. The lowest BCUT2D eigenvalue weighted by Crippen LogP contribution is -2.25. The molecule has 1 aromatic carbocycles. The summed E-state index contributed by atoms with van der Waals surface area (Å²) in [6, 6.07) is 8.94. The molecule has 2 atom stereocenters. The van der Waals surface area contributed by atoms with Crippen molar-refractivity contribution >= 4 is 38.4 Å². The topological polar surface area (TPSA) is 24.9 Å². The van der Waals surface area contributed by atoms with Crippen molar-refractivity contribution in [3.63, 3.8) is 0 Å². The van der Waals surface area contributed by atoms with E-state index in [2.05, 4.69) is 34.8 Å². The summed E-state index contributed by atoms with van der Waals surface area (Å²) >= 11 is 3.75. The zero-order valence-electron chi connectivity index (χ0n) is 9.85. The van der Waals surface area contributed by atoms with E-state index in [-0.39, 0.29) is 0 Å². The van der Waals surface area contributed by atoms with Gasteiger partial charge in [-0.05, 0) is 31.2 Å². The highest BCUT2D eigenvalue weighted by Gasteiger charge is 2.26. The SMILES string of the molecule is CSC1CCCC1Nc1nc2ccccc2s1. The lowest BCUT2D eigenvalue weighted by atomic mass is 10.2. The number of thioether (sulfide) groups is 1. The quantitative estimate of drug-likeness (QED) is 0.907. The van der Waals surface area contributed by atoms with Crippen LogP contribution in [0.4, 0.5) is 5.13 Å². The lowest BCUT2D eigenvalue weighted by molar-refractivity contribution is 0.768. The fourth-order valence-corrected chi connectivity index (χ4v) is 4.33. The van der Waals surface area contributed by atoms with Crippen LogP contribution in [0.25, 0.3) is 10.2 Å². The van der Waals surface area contributed by atoms with Crippen molar-refractivity contribution in [2.45, 2.75) is 30.6 Å². The monoisotopic (exact) mass is 264 g/mol. The minimum absolute atomic E-state index is 0.602. The van der Waals surface area contributed by atoms with Crippen LogP contribution < -0.4 is 5.32 Å². The van der Waals surface area contributed by atoms with E-state index in [0.29, 0.717) is 6.04 Å². The Morgan fingerprint density at radius 2 is 2.24 bits per heavy atom. The molecule has 2 aromatic rings. The molecule has 1 aliphatic rings. The second-order valence-corrected chi connectivity index (χ2v) is 6.55. The first-order chi connectivity index (χ1) is 8.36. The number of anilines is 1. The fraction of sp³-hybridized carbons (Fsp3) is 0.462. The summed E-state index contributed by atoms with van der Waals surface area (Å²) in [5, 5.41) is 5.45. The second kappa shape index (κ2) is 4.86. The molecule has 1 saturated carbocycles. The molecule has 17 heavy (non-hydrogen) atoms. The third kappa shape index (κ3) is 2.29. The van der Waals surface area contributed by atoms with E-state index < -0.39 is 0 Å². The third-order valence-corrected chi connectivity index (χ3v) is 5.50. The van der Waals surface area contributed by atoms with E-state index in [1.807, 2.05) is 17.8 Å². The first-order valence-electron chi connectivity index (χ1n) is 6.02. The molecule has 4 heteroatoms. The van der Waals surface area contributed by atoms with E-state index >= 15 is 0 Å². The summed E-state index contributed by atoms with van der Waals surface area (Å²) in [6.45, 7) is 0. The zero-order valence-corrected chi connectivity index (χ0v) is 11.5. The predicted molar refractivity (Wildman–Crippen MR) is 78.2 cm³/mol. The van der Waals surface area contributed by atoms with Crippen LogP contribution in [-0.4, -0.2) is 22.5 Å². The average molecular weight is 264 g/mol. The zero-order chi connectivity index (χ0) is 11.7. The molecule has 0 spiro atoms. The van der Waals surface area contributed by atoms with Crippen LogP contribution in [0.15, 0.2) is 24.3 Å². The highest BCUT2D eigenvalue weighted by Crippen LogP contribution is 2.33. The Hall–Kier alpha value is -0.740. The Bertz CT molecular complexity index is 476. The van der Waals surface area contributed by atoms with E-state index in [4.69, 9.17) is 0 Å². The maximum atomic E-state index is 4.64. The van der Waals surface area contributed by atoms with Crippen molar-refractivity contribution in [2.75, 3.05) is 11.6 Å². The maximum Gasteiger partial charge on any atom is 0.184 e. The van der Waals surface area contributed by atoms with Gasteiger partial charge >= 0.3 is 0 Å². The smallest absolute Gasteiger partial charge is 0.184 e. The highest BCUT2D eigenvalue weighted by atomic mass is 32.2. The summed E-state index contributed by atoms with van der Waals surface area (Å²) in [5.41, 5.74) is 1.11. The molecule has 0 aliphatic heterocycles. The number of rotatable bonds is 3. The first kappa shape index (κ1) is 11.4. The van der Waals surface area contributed by atoms with E-state index in [1.54, 1.807) is 11.3 Å². The van der Waals surface area contributed by atoms with Gasteiger partial charge in [-0.3, -0.25) is 0 Å². The Labute approximate surface area is 110 Å². The largest absolute Gasteiger partial charge is 0.358 e. The maximum absolute atomic E-state index is 4.64. The fourth-order valence-electron chi connectivity index (χ4n) is 2.47. The summed E-state index contributed by atoms with van der Waals surface area (Å²) in [4.78, 5) is 4.64. The average Bonchev–Trinajstić information content (AvgIpc) is 2.94. The van der Waals surface area contributed by atoms with E-state index in [9.17, 15) is 0 Å². The molecule has 1 fully saturated rings. The van der Waals surface area contributed by atoms with Crippen molar-refractivity contribution in [3.8, 4) is 0 Å². The van der Waals surface area contributed by atoms with Gasteiger partial charge in [0.15, 0.2) is 5.13 Å². The van der Waals surface area contributed by atoms with Gasteiger partial charge in [0.05, 0.1) is 10.2 Å².